The zero-order valence-corrected chi connectivity index (χ0v) is 15.6. The zero-order chi connectivity index (χ0) is 17.8. The van der Waals surface area contributed by atoms with Crippen molar-refractivity contribution in [2.24, 2.45) is 7.05 Å². The van der Waals surface area contributed by atoms with Gasteiger partial charge in [-0.15, -0.1) is 10.2 Å². The second-order valence-corrected chi connectivity index (χ2v) is 6.98. The van der Waals surface area contributed by atoms with Crippen LogP contribution in [0.3, 0.4) is 0 Å². The molecule has 1 amide bonds. The van der Waals surface area contributed by atoms with Gasteiger partial charge in [0.25, 0.3) is 0 Å². The maximum absolute atomic E-state index is 12.1. The van der Waals surface area contributed by atoms with Gasteiger partial charge in [0.1, 0.15) is 0 Å². The van der Waals surface area contributed by atoms with E-state index in [0.29, 0.717) is 20.9 Å². The largest absolute Gasteiger partial charge is 0.324 e. The SMILES string of the molecule is Cn1c(SCC(=O)Nc2cc(Cl)ccc2Cl)nnc1-c1ccccc1. The van der Waals surface area contributed by atoms with Gasteiger partial charge in [0.15, 0.2) is 11.0 Å². The molecule has 8 heteroatoms. The van der Waals surface area contributed by atoms with E-state index in [1.165, 1.54) is 11.8 Å². The first-order valence-corrected chi connectivity index (χ1v) is 9.11. The highest BCUT2D eigenvalue weighted by Gasteiger charge is 2.13. The van der Waals surface area contributed by atoms with Crippen LogP contribution in [0.2, 0.25) is 10.0 Å². The Morgan fingerprint density at radius 3 is 2.68 bits per heavy atom. The number of aromatic nitrogens is 3. The number of carbonyl (C=O) groups excluding carboxylic acids is 1. The Bertz CT molecular complexity index is 899. The number of anilines is 1. The van der Waals surface area contributed by atoms with Gasteiger partial charge in [-0.3, -0.25) is 4.79 Å². The summed E-state index contributed by atoms with van der Waals surface area (Å²) >= 11 is 13.3. The van der Waals surface area contributed by atoms with Gasteiger partial charge < -0.3 is 9.88 Å². The Balaban J connectivity index is 1.65. The second kappa shape index (κ2) is 7.91. The lowest BCUT2D eigenvalue weighted by Gasteiger charge is -2.07. The number of carbonyl (C=O) groups is 1. The summed E-state index contributed by atoms with van der Waals surface area (Å²) in [6.45, 7) is 0. The molecule has 0 spiro atoms. The lowest BCUT2D eigenvalue weighted by atomic mass is 10.2. The van der Waals surface area contributed by atoms with Crippen molar-refractivity contribution >= 4 is 46.6 Å². The van der Waals surface area contributed by atoms with Crippen molar-refractivity contribution in [3.63, 3.8) is 0 Å². The first-order valence-electron chi connectivity index (χ1n) is 7.37. The first-order chi connectivity index (χ1) is 12.0. The number of rotatable bonds is 5. The van der Waals surface area contributed by atoms with E-state index >= 15 is 0 Å². The number of thioether (sulfide) groups is 1. The van der Waals surface area contributed by atoms with Crippen LogP contribution in [0.25, 0.3) is 11.4 Å². The average Bonchev–Trinajstić information content (AvgIpc) is 2.98. The molecule has 0 saturated heterocycles. The third kappa shape index (κ3) is 4.34. The molecule has 0 unspecified atom stereocenters. The highest BCUT2D eigenvalue weighted by atomic mass is 35.5. The highest BCUT2D eigenvalue weighted by molar-refractivity contribution is 7.99. The van der Waals surface area contributed by atoms with E-state index in [-0.39, 0.29) is 11.7 Å². The molecule has 2 aromatic carbocycles. The lowest BCUT2D eigenvalue weighted by Crippen LogP contribution is -2.14. The van der Waals surface area contributed by atoms with Crippen LogP contribution < -0.4 is 5.32 Å². The predicted octanol–water partition coefficient (Wildman–Crippen LogP) is 4.52. The van der Waals surface area contributed by atoms with E-state index in [1.807, 2.05) is 41.9 Å². The van der Waals surface area contributed by atoms with Crippen LogP contribution in [-0.2, 0) is 11.8 Å². The number of hydrogen-bond acceptors (Lipinski definition) is 4. The van der Waals surface area contributed by atoms with E-state index in [4.69, 9.17) is 23.2 Å². The maximum atomic E-state index is 12.1. The number of nitrogens with zero attached hydrogens (tertiary/aromatic N) is 3. The molecular weight excluding hydrogens is 379 g/mol. The molecule has 0 radical (unpaired) electrons. The minimum Gasteiger partial charge on any atom is -0.324 e. The summed E-state index contributed by atoms with van der Waals surface area (Å²) in [5.41, 5.74) is 1.46. The molecule has 3 aromatic rings. The minimum absolute atomic E-state index is 0.184. The molecule has 1 aromatic heterocycles. The summed E-state index contributed by atoms with van der Waals surface area (Å²) < 4.78 is 1.86. The molecule has 0 aliphatic heterocycles. The number of halogens is 2. The van der Waals surface area contributed by atoms with Crippen LogP contribution in [0.1, 0.15) is 0 Å². The fourth-order valence-corrected chi connectivity index (χ4v) is 3.24. The van der Waals surface area contributed by atoms with E-state index < -0.39 is 0 Å². The molecule has 0 saturated carbocycles. The third-order valence-corrected chi connectivity index (χ3v) is 4.99. The number of nitrogens with one attached hydrogen (secondary N) is 1. The average molecular weight is 393 g/mol. The molecule has 3 rings (SSSR count). The fourth-order valence-electron chi connectivity index (χ4n) is 2.19. The molecule has 5 nitrogen and oxygen atoms in total. The van der Waals surface area contributed by atoms with Crippen molar-refractivity contribution in [2.45, 2.75) is 5.16 Å². The second-order valence-electron chi connectivity index (χ2n) is 5.19. The van der Waals surface area contributed by atoms with Crippen LogP contribution in [0, 0.1) is 0 Å². The van der Waals surface area contributed by atoms with Crippen molar-refractivity contribution in [3.8, 4) is 11.4 Å². The highest BCUT2D eigenvalue weighted by Crippen LogP contribution is 2.26. The zero-order valence-electron chi connectivity index (χ0n) is 13.2. The van der Waals surface area contributed by atoms with Gasteiger partial charge in [-0.05, 0) is 18.2 Å². The van der Waals surface area contributed by atoms with E-state index in [2.05, 4.69) is 15.5 Å². The maximum Gasteiger partial charge on any atom is 0.234 e. The summed E-state index contributed by atoms with van der Waals surface area (Å²) in [7, 11) is 1.87. The van der Waals surface area contributed by atoms with Crippen molar-refractivity contribution in [1.29, 1.82) is 0 Å². The van der Waals surface area contributed by atoms with Gasteiger partial charge in [-0.2, -0.15) is 0 Å². The Morgan fingerprint density at radius 2 is 1.92 bits per heavy atom. The van der Waals surface area contributed by atoms with Crippen LogP contribution >= 0.6 is 35.0 Å². The van der Waals surface area contributed by atoms with Crippen molar-refractivity contribution < 1.29 is 4.79 Å². The van der Waals surface area contributed by atoms with Crippen LogP contribution in [-0.4, -0.2) is 26.4 Å². The Morgan fingerprint density at radius 1 is 1.16 bits per heavy atom. The van der Waals surface area contributed by atoms with Gasteiger partial charge in [0.2, 0.25) is 5.91 Å². The van der Waals surface area contributed by atoms with Crippen LogP contribution in [0.4, 0.5) is 5.69 Å². The monoisotopic (exact) mass is 392 g/mol. The first kappa shape index (κ1) is 17.8. The van der Waals surface area contributed by atoms with Crippen molar-refractivity contribution in [1.82, 2.24) is 14.8 Å². The minimum atomic E-state index is -0.196. The molecule has 0 aliphatic carbocycles. The molecule has 1 heterocycles. The molecule has 0 atom stereocenters. The van der Waals surface area contributed by atoms with Gasteiger partial charge in [-0.1, -0.05) is 65.3 Å². The molecule has 1 N–H and O–H groups in total. The summed E-state index contributed by atoms with van der Waals surface area (Å²) in [5.74, 6) is 0.740. The van der Waals surface area contributed by atoms with E-state index in [0.717, 1.165) is 11.4 Å². The van der Waals surface area contributed by atoms with E-state index in [9.17, 15) is 4.79 Å². The van der Waals surface area contributed by atoms with Crippen LogP contribution in [0.15, 0.2) is 53.7 Å². The molecule has 128 valence electrons. The fraction of sp³-hybridized carbons (Fsp3) is 0.118. The number of amides is 1. The van der Waals surface area contributed by atoms with Crippen molar-refractivity contribution in [2.75, 3.05) is 11.1 Å². The van der Waals surface area contributed by atoms with Gasteiger partial charge in [0.05, 0.1) is 16.5 Å². The third-order valence-electron chi connectivity index (χ3n) is 3.40. The molecule has 0 aliphatic rings. The topological polar surface area (TPSA) is 59.8 Å². The lowest BCUT2D eigenvalue weighted by molar-refractivity contribution is -0.113. The van der Waals surface area contributed by atoms with E-state index in [1.54, 1.807) is 18.2 Å². The molecule has 25 heavy (non-hydrogen) atoms. The molecular formula is C17H14Cl2N4OS. The van der Waals surface area contributed by atoms with Crippen LogP contribution in [0.5, 0.6) is 0 Å². The quantitative estimate of drug-likeness (QED) is 0.648. The van der Waals surface area contributed by atoms with Gasteiger partial charge in [0, 0.05) is 17.6 Å². The summed E-state index contributed by atoms with van der Waals surface area (Å²) in [4.78, 5) is 12.1. The summed E-state index contributed by atoms with van der Waals surface area (Å²) in [6.07, 6.45) is 0. The Labute approximate surface area is 159 Å². The molecule has 0 bridgehead atoms. The Kier molecular flexibility index (Phi) is 5.63. The standard InChI is InChI=1S/C17H14Cl2N4OS/c1-23-16(11-5-3-2-4-6-11)21-22-17(23)25-10-15(24)20-14-9-12(18)7-8-13(14)19/h2-9H,10H2,1H3,(H,20,24). The predicted molar refractivity (Wildman–Crippen MR) is 102 cm³/mol. The van der Waals surface area contributed by atoms with Gasteiger partial charge in [-0.25, -0.2) is 0 Å². The number of benzene rings is 2. The summed E-state index contributed by atoms with van der Waals surface area (Å²) in [5, 5.41) is 12.7. The van der Waals surface area contributed by atoms with Gasteiger partial charge >= 0.3 is 0 Å². The summed E-state index contributed by atoms with van der Waals surface area (Å²) in [6, 6.07) is 14.7. The normalized spacial score (nSPS) is 10.7. The van der Waals surface area contributed by atoms with Crippen molar-refractivity contribution in [3.05, 3.63) is 58.6 Å². The number of hydrogen-bond donors (Lipinski definition) is 1. The Hall–Kier alpha value is -2.02. The molecule has 0 fully saturated rings. The smallest absolute Gasteiger partial charge is 0.234 e.